The van der Waals surface area contributed by atoms with Gasteiger partial charge in [0.1, 0.15) is 11.6 Å². The van der Waals surface area contributed by atoms with Crippen LogP contribution in [0.25, 0.3) is 0 Å². The molecule has 5 rings (SSSR count). The molecule has 6 nitrogen and oxygen atoms in total. The Labute approximate surface area is 203 Å². The van der Waals surface area contributed by atoms with E-state index < -0.39 is 21.7 Å². The number of fused-ring (bicyclic) bond motifs is 1. The Hall–Kier alpha value is -3.30. The Morgan fingerprint density at radius 1 is 0.829 bits per heavy atom. The maximum absolute atomic E-state index is 14.6. The van der Waals surface area contributed by atoms with E-state index in [0.717, 1.165) is 11.3 Å². The van der Waals surface area contributed by atoms with Crippen molar-refractivity contribution in [1.29, 1.82) is 0 Å². The Balaban J connectivity index is 1.34. The molecule has 2 aliphatic heterocycles. The van der Waals surface area contributed by atoms with Crippen molar-refractivity contribution >= 4 is 27.3 Å². The van der Waals surface area contributed by atoms with Gasteiger partial charge < -0.3 is 9.80 Å². The van der Waals surface area contributed by atoms with Crippen molar-refractivity contribution in [2.24, 2.45) is 0 Å². The normalized spacial score (nSPS) is 16.7. The molecule has 0 saturated carbocycles. The van der Waals surface area contributed by atoms with Gasteiger partial charge in [0.2, 0.25) is 10.0 Å². The van der Waals surface area contributed by atoms with E-state index in [2.05, 4.69) is 0 Å². The minimum absolute atomic E-state index is 0.0318. The zero-order valence-electron chi connectivity index (χ0n) is 19.0. The highest BCUT2D eigenvalue weighted by atomic mass is 32.2. The quantitative estimate of drug-likeness (QED) is 0.545. The highest BCUT2D eigenvalue weighted by molar-refractivity contribution is 7.89. The number of amides is 1. The van der Waals surface area contributed by atoms with Gasteiger partial charge in [0, 0.05) is 44.0 Å². The van der Waals surface area contributed by atoms with Crippen molar-refractivity contribution in [2.45, 2.75) is 17.7 Å². The number of benzene rings is 3. The zero-order valence-corrected chi connectivity index (χ0v) is 19.8. The molecule has 1 saturated heterocycles. The molecule has 1 amide bonds. The van der Waals surface area contributed by atoms with Gasteiger partial charge in [-0.1, -0.05) is 18.2 Å². The third kappa shape index (κ3) is 4.53. The van der Waals surface area contributed by atoms with Gasteiger partial charge in [0.05, 0.1) is 10.6 Å². The number of anilines is 2. The number of rotatable bonds is 4. The van der Waals surface area contributed by atoms with E-state index in [4.69, 9.17) is 0 Å². The smallest absolute Gasteiger partial charge is 0.258 e. The van der Waals surface area contributed by atoms with Crippen LogP contribution in [-0.4, -0.2) is 51.4 Å². The minimum Gasteiger partial charge on any atom is -0.369 e. The first kappa shape index (κ1) is 23.4. The summed E-state index contributed by atoms with van der Waals surface area (Å²) in [7, 11) is -3.83. The minimum atomic E-state index is -3.83. The van der Waals surface area contributed by atoms with Crippen molar-refractivity contribution in [3.05, 3.63) is 89.5 Å². The standard InChI is InChI=1S/C26H25F2N3O3S/c27-21-9-11-22(12-10-21)29-14-16-30(17-15-29)35(33,34)23-7-1-5-20(18-23)26(32)31-13-3-6-19-4-2-8-24(28)25(19)31/h1-2,4-5,7-12,18H,3,6,13-17H2. The largest absolute Gasteiger partial charge is 0.369 e. The fourth-order valence-corrected chi connectivity index (χ4v) is 6.21. The first-order valence-electron chi connectivity index (χ1n) is 11.5. The summed E-state index contributed by atoms with van der Waals surface area (Å²) >= 11 is 0. The predicted molar refractivity (Wildman–Crippen MR) is 130 cm³/mol. The van der Waals surface area contributed by atoms with Gasteiger partial charge in [-0.05, 0) is 66.9 Å². The maximum Gasteiger partial charge on any atom is 0.258 e. The lowest BCUT2D eigenvalue weighted by Crippen LogP contribution is -2.48. The molecule has 0 bridgehead atoms. The Kier molecular flexibility index (Phi) is 6.29. The Morgan fingerprint density at radius 3 is 2.29 bits per heavy atom. The number of carbonyl (C=O) groups excluding carboxylic acids is 1. The average Bonchev–Trinajstić information content (AvgIpc) is 2.89. The molecule has 35 heavy (non-hydrogen) atoms. The van der Waals surface area contributed by atoms with E-state index in [1.807, 2.05) is 11.0 Å². The monoisotopic (exact) mass is 497 g/mol. The van der Waals surface area contributed by atoms with Crippen LogP contribution in [0.15, 0.2) is 71.6 Å². The van der Waals surface area contributed by atoms with Crippen LogP contribution in [0, 0.1) is 11.6 Å². The van der Waals surface area contributed by atoms with Crippen LogP contribution < -0.4 is 9.80 Å². The molecule has 0 N–H and O–H groups in total. The van der Waals surface area contributed by atoms with Crippen LogP contribution in [0.2, 0.25) is 0 Å². The molecule has 3 aromatic carbocycles. The van der Waals surface area contributed by atoms with E-state index in [1.165, 1.54) is 39.5 Å². The summed E-state index contributed by atoms with van der Waals surface area (Å²) in [5.74, 6) is -1.20. The third-order valence-electron chi connectivity index (χ3n) is 6.56. The van der Waals surface area contributed by atoms with Crippen molar-refractivity contribution in [3.8, 4) is 0 Å². The van der Waals surface area contributed by atoms with Crippen molar-refractivity contribution in [1.82, 2.24) is 4.31 Å². The summed E-state index contributed by atoms with van der Waals surface area (Å²) in [5.41, 5.74) is 2.08. The highest BCUT2D eigenvalue weighted by Crippen LogP contribution is 2.31. The number of piperazine rings is 1. The molecule has 1 fully saturated rings. The van der Waals surface area contributed by atoms with E-state index in [1.54, 1.807) is 30.3 Å². The van der Waals surface area contributed by atoms with Gasteiger partial charge in [0.25, 0.3) is 5.91 Å². The number of nitrogens with zero attached hydrogens (tertiary/aromatic N) is 3. The van der Waals surface area contributed by atoms with Crippen LogP contribution in [-0.2, 0) is 16.4 Å². The van der Waals surface area contributed by atoms with Gasteiger partial charge in [-0.2, -0.15) is 4.31 Å². The number of halogens is 2. The summed E-state index contributed by atoms with van der Waals surface area (Å²) in [6.45, 7) is 1.83. The summed E-state index contributed by atoms with van der Waals surface area (Å²) in [6, 6.07) is 16.8. The van der Waals surface area contributed by atoms with Gasteiger partial charge in [-0.3, -0.25) is 4.79 Å². The van der Waals surface area contributed by atoms with E-state index in [9.17, 15) is 22.0 Å². The maximum atomic E-state index is 14.6. The molecule has 0 unspecified atom stereocenters. The molecular formula is C26H25F2N3O3S. The molecule has 2 aliphatic rings. The van der Waals surface area contributed by atoms with Crippen molar-refractivity contribution < 1.29 is 22.0 Å². The van der Waals surface area contributed by atoms with E-state index in [0.29, 0.717) is 32.5 Å². The summed E-state index contributed by atoms with van der Waals surface area (Å²) in [5, 5.41) is 0. The van der Waals surface area contributed by atoms with Gasteiger partial charge in [-0.15, -0.1) is 0 Å². The molecule has 2 heterocycles. The Morgan fingerprint density at radius 2 is 1.54 bits per heavy atom. The summed E-state index contributed by atoms with van der Waals surface area (Å²) in [4.78, 5) is 16.8. The molecule has 3 aromatic rings. The Bertz CT molecular complexity index is 1350. The summed E-state index contributed by atoms with van der Waals surface area (Å²) < 4.78 is 55.9. The molecule has 0 aromatic heterocycles. The van der Waals surface area contributed by atoms with Crippen LogP contribution in [0.5, 0.6) is 0 Å². The predicted octanol–water partition coefficient (Wildman–Crippen LogP) is 4.07. The fourth-order valence-electron chi connectivity index (χ4n) is 4.74. The topological polar surface area (TPSA) is 60.9 Å². The van der Waals surface area contributed by atoms with Crippen molar-refractivity contribution in [3.63, 3.8) is 0 Å². The SMILES string of the molecule is O=C(c1cccc(S(=O)(=O)N2CCN(c3ccc(F)cc3)CC2)c1)N1CCCc2cccc(F)c21. The van der Waals surface area contributed by atoms with Gasteiger partial charge >= 0.3 is 0 Å². The number of hydrogen-bond donors (Lipinski definition) is 0. The molecular weight excluding hydrogens is 472 g/mol. The van der Waals surface area contributed by atoms with E-state index in [-0.39, 0.29) is 35.1 Å². The lowest BCUT2D eigenvalue weighted by Gasteiger charge is -2.35. The number of hydrogen-bond acceptors (Lipinski definition) is 4. The second kappa shape index (κ2) is 9.39. The molecule has 0 radical (unpaired) electrons. The van der Waals surface area contributed by atoms with Crippen LogP contribution in [0.4, 0.5) is 20.2 Å². The lowest BCUT2D eigenvalue weighted by atomic mass is 10.0. The third-order valence-corrected chi connectivity index (χ3v) is 8.46. The number of carbonyl (C=O) groups is 1. The second-order valence-electron chi connectivity index (χ2n) is 8.70. The molecule has 0 aliphatic carbocycles. The fraction of sp³-hybridized carbons (Fsp3) is 0.269. The van der Waals surface area contributed by atoms with Gasteiger partial charge in [0.15, 0.2) is 0 Å². The van der Waals surface area contributed by atoms with Crippen LogP contribution in [0.1, 0.15) is 22.3 Å². The summed E-state index contributed by atoms with van der Waals surface area (Å²) in [6.07, 6.45) is 1.40. The highest BCUT2D eigenvalue weighted by Gasteiger charge is 2.31. The number of aryl methyl sites for hydroxylation is 1. The van der Waals surface area contributed by atoms with Crippen molar-refractivity contribution in [2.75, 3.05) is 42.5 Å². The molecule has 0 atom stereocenters. The number of para-hydroxylation sites is 1. The van der Waals surface area contributed by atoms with Crippen LogP contribution >= 0.6 is 0 Å². The first-order chi connectivity index (χ1) is 16.8. The van der Waals surface area contributed by atoms with Crippen LogP contribution in [0.3, 0.4) is 0 Å². The van der Waals surface area contributed by atoms with Gasteiger partial charge in [-0.25, -0.2) is 17.2 Å². The number of sulfonamides is 1. The average molecular weight is 498 g/mol. The van der Waals surface area contributed by atoms with E-state index >= 15 is 0 Å². The molecule has 9 heteroatoms. The first-order valence-corrected chi connectivity index (χ1v) is 13.0. The molecule has 0 spiro atoms. The zero-order chi connectivity index (χ0) is 24.6. The second-order valence-corrected chi connectivity index (χ2v) is 10.6. The molecule has 182 valence electrons. The lowest BCUT2D eigenvalue weighted by molar-refractivity contribution is 0.0984.